The summed E-state index contributed by atoms with van der Waals surface area (Å²) in [6.45, 7) is 8.36. The van der Waals surface area contributed by atoms with Gasteiger partial charge in [0.15, 0.2) is 0 Å². The zero-order valence-electron chi connectivity index (χ0n) is 27.6. The maximum absolute atomic E-state index is 13.2. The Bertz CT molecular complexity index is 1860. The van der Waals surface area contributed by atoms with E-state index in [0.717, 1.165) is 5.56 Å². The van der Waals surface area contributed by atoms with E-state index in [4.69, 9.17) is 14.2 Å². The average Bonchev–Trinajstić information content (AvgIpc) is 3.45. The molecule has 4 rings (SSSR count). The van der Waals surface area contributed by atoms with Crippen LogP contribution in [0.2, 0.25) is 0 Å². The average molecular weight is 645 g/mol. The molecule has 0 unspecified atom stereocenters. The van der Waals surface area contributed by atoms with Crippen LogP contribution in [-0.4, -0.2) is 80.5 Å². The third-order valence-electron chi connectivity index (χ3n) is 7.34. The molecule has 47 heavy (non-hydrogen) atoms. The van der Waals surface area contributed by atoms with Crippen LogP contribution in [0.4, 0.5) is 0 Å². The predicted molar refractivity (Wildman–Crippen MR) is 175 cm³/mol. The highest BCUT2D eigenvalue weighted by molar-refractivity contribution is 5.98. The fraction of sp³-hybridized carbons (Fsp3) is 0.382. The van der Waals surface area contributed by atoms with Crippen LogP contribution < -0.4 is 5.56 Å². The van der Waals surface area contributed by atoms with Gasteiger partial charge in [0.2, 0.25) is 0 Å². The minimum Gasteiger partial charge on any atom is -0.462 e. The van der Waals surface area contributed by atoms with Crippen molar-refractivity contribution in [2.45, 2.75) is 47.1 Å². The molecule has 248 valence electrons. The molecule has 13 heteroatoms. The summed E-state index contributed by atoms with van der Waals surface area (Å²) < 4.78 is 19.0. The second-order valence-corrected chi connectivity index (χ2v) is 11.0. The van der Waals surface area contributed by atoms with Gasteiger partial charge in [0.25, 0.3) is 5.56 Å². The smallest absolute Gasteiger partial charge is 0.340 e. The molecular formula is C34H40N6O7. The number of esters is 3. The Labute approximate surface area is 272 Å². The lowest BCUT2D eigenvalue weighted by Crippen LogP contribution is -2.21. The number of hydrogen-bond acceptors (Lipinski definition) is 11. The van der Waals surface area contributed by atoms with E-state index in [9.17, 15) is 19.2 Å². The summed E-state index contributed by atoms with van der Waals surface area (Å²) >= 11 is 0. The number of hydrogen-bond donors (Lipinski definition) is 0. The highest BCUT2D eigenvalue weighted by Crippen LogP contribution is 2.18. The van der Waals surface area contributed by atoms with Crippen molar-refractivity contribution in [1.29, 1.82) is 0 Å². The number of rotatable bonds is 14. The van der Waals surface area contributed by atoms with Gasteiger partial charge in [-0.05, 0) is 64.8 Å². The Kier molecular flexibility index (Phi) is 11.6. The van der Waals surface area contributed by atoms with Crippen LogP contribution >= 0.6 is 0 Å². The Hall–Kier alpha value is -5.33. The van der Waals surface area contributed by atoms with E-state index in [2.05, 4.69) is 15.1 Å². The number of aromatic nitrogens is 5. The van der Waals surface area contributed by atoms with Gasteiger partial charge in [0.1, 0.15) is 0 Å². The highest BCUT2D eigenvalue weighted by atomic mass is 16.5. The number of aryl methyl sites for hydroxylation is 3. The lowest BCUT2D eigenvalue weighted by Gasteiger charge is -2.15. The fourth-order valence-corrected chi connectivity index (χ4v) is 4.90. The normalized spacial score (nSPS) is 11.2. The van der Waals surface area contributed by atoms with E-state index >= 15 is 0 Å². The molecule has 0 fully saturated rings. The van der Waals surface area contributed by atoms with Crippen LogP contribution in [0.25, 0.3) is 17.0 Å². The Morgan fingerprint density at radius 1 is 0.915 bits per heavy atom. The van der Waals surface area contributed by atoms with Gasteiger partial charge in [-0.3, -0.25) is 19.4 Å². The van der Waals surface area contributed by atoms with E-state index in [0.29, 0.717) is 53.9 Å². The second-order valence-electron chi connectivity index (χ2n) is 11.0. The molecule has 4 aromatic heterocycles. The van der Waals surface area contributed by atoms with Gasteiger partial charge in [-0.2, -0.15) is 5.10 Å². The van der Waals surface area contributed by atoms with E-state index in [1.165, 1.54) is 6.07 Å². The third kappa shape index (κ3) is 8.69. The summed E-state index contributed by atoms with van der Waals surface area (Å²) in [5.41, 5.74) is 3.07. The number of fused-ring (bicyclic) bond motifs is 1. The molecule has 13 nitrogen and oxygen atoms in total. The van der Waals surface area contributed by atoms with Gasteiger partial charge >= 0.3 is 17.9 Å². The molecule has 0 aromatic carbocycles. The summed E-state index contributed by atoms with van der Waals surface area (Å²) in [5.74, 6) is -1.67. The number of nitrogens with zero attached hydrogens (tertiary/aromatic N) is 6. The molecule has 0 saturated carbocycles. The van der Waals surface area contributed by atoms with Crippen LogP contribution in [0.1, 0.15) is 80.4 Å². The number of pyridine rings is 3. The van der Waals surface area contributed by atoms with Crippen LogP contribution in [-0.2, 0) is 27.8 Å². The van der Waals surface area contributed by atoms with Gasteiger partial charge in [0, 0.05) is 44.8 Å². The highest BCUT2D eigenvalue weighted by Gasteiger charge is 2.20. The fourth-order valence-electron chi connectivity index (χ4n) is 4.90. The summed E-state index contributed by atoms with van der Waals surface area (Å²) in [5, 5.41) is 4.49. The van der Waals surface area contributed by atoms with Crippen molar-refractivity contribution in [2.24, 2.45) is 7.05 Å². The van der Waals surface area contributed by atoms with Crippen molar-refractivity contribution < 1.29 is 28.6 Å². The van der Waals surface area contributed by atoms with E-state index < -0.39 is 17.9 Å². The molecule has 0 amide bonds. The molecule has 0 radical (unpaired) electrons. The monoisotopic (exact) mass is 644 g/mol. The first kappa shape index (κ1) is 34.5. The lowest BCUT2D eigenvalue weighted by molar-refractivity contribution is 0.0490. The first-order valence-corrected chi connectivity index (χ1v) is 15.4. The van der Waals surface area contributed by atoms with Crippen molar-refractivity contribution in [1.82, 2.24) is 29.2 Å². The van der Waals surface area contributed by atoms with Crippen LogP contribution in [0.5, 0.6) is 0 Å². The molecule has 0 aliphatic rings. The molecule has 0 spiro atoms. The van der Waals surface area contributed by atoms with Gasteiger partial charge in [0.05, 0.1) is 77.2 Å². The number of carbonyl (C=O) groups excluding carboxylic acids is 3. The van der Waals surface area contributed by atoms with Gasteiger partial charge in [-0.25, -0.2) is 14.4 Å². The predicted octanol–water partition coefficient (Wildman–Crippen LogP) is 4.08. The van der Waals surface area contributed by atoms with E-state index in [1.54, 1.807) is 73.7 Å². The Morgan fingerprint density at radius 2 is 1.57 bits per heavy atom. The molecule has 0 aliphatic carbocycles. The molecule has 4 heterocycles. The zero-order valence-corrected chi connectivity index (χ0v) is 27.6. The summed E-state index contributed by atoms with van der Waals surface area (Å²) in [6.07, 6.45) is 10.0. The largest absolute Gasteiger partial charge is 0.462 e. The summed E-state index contributed by atoms with van der Waals surface area (Å²) in [4.78, 5) is 61.9. The van der Waals surface area contributed by atoms with Gasteiger partial charge in [-0.1, -0.05) is 0 Å². The van der Waals surface area contributed by atoms with Crippen LogP contribution in [0.3, 0.4) is 0 Å². The van der Waals surface area contributed by atoms with E-state index in [1.807, 2.05) is 25.2 Å². The zero-order chi connectivity index (χ0) is 34.1. The first-order valence-electron chi connectivity index (χ1n) is 15.4. The SMILES string of the molecule is CCOC(=O)c1cc(C(=O)OCC)c(/C=C/N(C)CCCCOC(=O)c2cc3c(=O)n(Cc4cnn(C)c4)ccc3nc2C)nc1C. The quantitative estimate of drug-likeness (QED) is 0.111. The molecule has 4 aromatic rings. The molecule has 0 N–H and O–H groups in total. The molecular weight excluding hydrogens is 604 g/mol. The maximum atomic E-state index is 13.2. The van der Waals surface area contributed by atoms with Crippen LogP contribution in [0, 0.1) is 13.8 Å². The minimum atomic E-state index is -0.582. The number of ether oxygens (including phenoxy) is 3. The molecule has 0 bridgehead atoms. The van der Waals surface area contributed by atoms with Gasteiger partial charge in [-0.15, -0.1) is 0 Å². The topological polar surface area (TPSA) is 148 Å². The number of carbonyl (C=O) groups is 3. The standard InChI is InChI=1S/C34H40N6O7/c1-7-45-32(42)26-18-28(34(44)46-8-2)30(37-23(26)4)11-14-38(5)13-9-10-16-47-33(43)25-17-27-29(36-22(25)3)12-15-40(31(27)41)21-24-19-35-39(6)20-24/h11-12,14-15,17-20H,7-10,13,16,21H2,1-6H3/b14-11+. The maximum Gasteiger partial charge on any atom is 0.340 e. The van der Waals surface area contributed by atoms with Crippen molar-refractivity contribution in [3.05, 3.63) is 92.7 Å². The lowest BCUT2D eigenvalue weighted by atomic mass is 10.1. The first-order chi connectivity index (χ1) is 22.5. The molecule has 0 aliphatic heterocycles. The molecule has 0 saturated heterocycles. The minimum absolute atomic E-state index is 0.169. The molecule has 0 atom stereocenters. The second kappa shape index (κ2) is 15.8. The van der Waals surface area contributed by atoms with Crippen molar-refractivity contribution >= 4 is 34.9 Å². The number of unbranched alkanes of at least 4 members (excludes halogenated alkanes) is 1. The van der Waals surface area contributed by atoms with Crippen molar-refractivity contribution in [3.63, 3.8) is 0 Å². The summed E-state index contributed by atoms with van der Waals surface area (Å²) in [7, 11) is 3.68. The third-order valence-corrected chi connectivity index (χ3v) is 7.34. The Morgan fingerprint density at radius 3 is 2.26 bits per heavy atom. The van der Waals surface area contributed by atoms with Crippen molar-refractivity contribution in [2.75, 3.05) is 33.4 Å². The Balaban J connectivity index is 1.34. The van der Waals surface area contributed by atoms with Crippen molar-refractivity contribution in [3.8, 4) is 0 Å². The summed E-state index contributed by atoms with van der Waals surface area (Å²) in [6, 6.07) is 4.77. The van der Waals surface area contributed by atoms with E-state index in [-0.39, 0.29) is 42.1 Å². The van der Waals surface area contributed by atoms with Gasteiger partial charge < -0.3 is 23.7 Å². The van der Waals surface area contributed by atoms with Crippen LogP contribution in [0.15, 0.2) is 47.8 Å².